The average Bonchev–Trinajstić information content (AvgIpc) is 3.35. The molecule has 7 aromatic carbocycles. The summed E-state index contributed by atoms with van der Waals surface area (Å²) >= 11 is 0. The number of rotatable bonds is 2. The molecule has 0 unspecified atom stereocenters. The summed E-state index contributed by atoms with van der Waals surface area (Å²) in [6, 6.07) is 45.2. The van der Waals surface area contributed by atoms with Crippen molar-refractivity contribution < 1.29 is 0 Å². The van der Waals surface area contributed by atoms with Crippen molar-refractivity contribution in [3.8, 4) is 17.2 Å². The summed E-state index contributed by atoms with van der Waals surface area (Å²) in [6.45, 7) is 0. The first-order valence-corrected chi connectivity index (χ1v) is 13.3. The van der Waals surface area contributed by atoms with E-state index >= 15 is 0 Å². The summed E-state index contributed by atoms with van der Waals surface area (Å²) in [6.07, 6.45) is 0. The molecule has 0 aliphatic heterocycles. The maximum Gasteiger partial charge on any atom is 0.162 e. The Hall–Kier alpha value is -5.28. The van der Waals surface area contributed by atoms with Crippen LogP contribution >= 0.6 is 0 Å². The van der Waals surface area contributed by atoms with Gasteiger partial charge in [0, 0.05) is 21.7 Å². The van der Waals surface area contributed by atoms with Gasteiger partial charge in [-0.05, 0) is 56.6 Å². The van der Waals surface area contributed by atoms with Crippen molar-refractivity contribution in [2.75, 3.05) is 0 Å². The van der Waals surface area contributed by atoms with E-state index < -0.39 is 0 Å². The molecule has 39 heavy (non-hydrogen) atoms. The van der Waals surface area contributed by atoms with Crippen molar-refractivity contribution in [3.05, 3.63) is 127 Å². The molecule has 0 saturated heterocycles. The van der Waals surface area contributed by atoms with Crippen molar-refractivity contribution in [1.29, 1.82) is 0 Å². The van der Waals surface area contributed by atoms with Crippen LogP contribution in [0.25, 0.3) is 82.2 Å². The zero-order valence-electron chi connectivity index (χ0n) is 21.0. The number of hydrogen-bond donors (Lipinski definition) is 0. The van der Waals surface area contributed by atoms with Crippen LogP contribution in [0, 0.1) is 0 Å². The van der Waals surface area contributed by atoms with Crippen LogP contribution in [0.3, 0.4) is 0 Å². The Morgan fingerprint density at radius 1 is 0.410 bits per heavy atom. The molecule has 180 valence electrons. The minimum absolute atomic E-state index is 0.732. The quantitative estimate of drug-likeness (QED) is 0.224. The highest BCUT2D eigenvalue weighted by molar-refractivity contribution is 6.38. The van der Waals surface area contributed by atoms with E-state index in [1.54, 1.807) is 0 Å². The summed E-state index contributed by atoms with van der Waals surface area (Å²) in [7, 11) is 0. The summed E-state index contributed by atoms with van der Waals surface area (Å²) in [5.41, 5.74) is 4.27. The highest BCUT2D eigenvalue weighted by Gasteiger charge is 2.22. The highest BCUT2D eigenvalue weighted by Crippen LogP contribution is 2.45. The number of fused-ring (bicyclic) bond motifs is 6. The molecule has 0 fully saturated rings. The monoisotopic (exact) mass is 495 g/mol. The Bertz CT molecular complexity index is 2380. The molecule has 0 saturated carbocycles. The maximum atomic E-state index is 5.24. The van der Waals surface area contributed by atoms with Crippen molar-refractivity contribution >= 4 is 65.0 Å². The molecule has 0 atom stereocenters. The average molecular weight is 496 g/mol. The minimum atomic E-state index is 0.732. The zero-order chi connectivity index (χ0) is 25.5. The summed E-state index contributed by atoms with van der Waals surface area (Å²) in [5.74, 6) is 1.64. The molecule has 0 N–H and O–H groups in total. The Balaban J connectivity index is 1.51. The van der Waals surface area contributed by atoms with E-state index in [1.807, 2.05) is 24.3 Å². The Morgan fingerprint density at radius 3 is 1.90 bits per heavy atom. The van der Waals surface area contributed by atoms with Crippen LogP contribution in [0.5, 0.6) is 0 Å². The van der Waals surface area contributed by atoms with E-state index in [9.17, 15) is 0 Å². The molecule has 3 nitrogen and oxygen atoms in total. The van der Waals surface area contributed by atoms with Crippen LogP contribution in [-0.2, 0) is 0 Å². The lowest BCUT2D eigenvalue weighted by Crippen LogP contribution is -2.02. The minimum Gasteiger partial charge on any atom is -0.293 e. The molecule has 0 bridgehead atoms. The molecule has 9 rings (SSSR count). The third-order valence-electron chi connectivity index (χ3n) is 8.13. The van der Waals surface area contributed by atoms with E-state index in [0.29, 0.717) is 0 Å². The van der Waals surface area contributed by atoms with Gasteiger partial charge in [-0.25, -0.2) is 9.97 Å². The Labute approximate surface area is 223 Å². The van der Waals surface area contributed by atoms with E-state index in [4.69, 9.17) is 9.97 Å². The first-order chi connectivity index (χ1) is 19.4. The number of para-hydroxylation sites is 1. The molecule has 3 heteroatoms. The van der Waals surface area contributed by atoms with Gasteiger partial charge < -0.3 is 0 Å². The van der Waals surface area contributed by atoms with Crippen LogP contribution in [-0.4, -0.2) is 14.5 Å². The summed E-state index contributed by atoms with van der Waals surface area (Å²) in [4.78, 5) is 10.2. The second kappa shape index (κ2) is 7.62. The van der Waals surface area contributed by atoms with Gasteiger partial charge in [0.05, 0.1) is 16.6 Å². The second-order valence-corrected chi connectivity index (χ2v) is 10.2. The van der Waals surface area contributed by atoms with Gasteiger partial charge >= 0.3 is 0 Å². The normalized spacial score (nSPS) is 12.1. The standard InChI is InChI=1S/C36H21N3/c1-2-11-23(12-3-1)35-37-29-17-7-6-14-27(29)36(38-35)39-30-18-8-15-25-26-21-20-22-10-4-5-13-24(22)32(26)28-16-9-19-31(39)34(28)33(25)30/h1-21H. The maximum absolute atomic E-state index is 5.24. The molecular formula is C36H21N3. The van der Waals surface area contributed by atoms with Crippen molar-refractivity contribution in [2.24, 2.45) is 0 Å². The Morgan fingerprint density at radius 2 is 1.05 bits per heavy atom. The van der Waals surface area contributed by atoms with Crippen molar-refractivity contribution in [2.45, 2.75) is 0 Å². The molecular weight excluding hydrogens is 474 g/mol. The van der Waals surface area contributed by atoms with Crippen molar-refractivity contribution in [3.63, 3.8) is 0 Å². The molecule has 0 spiro atoms. The van der Waals surface area contributed by atoms with Gasteiger partial charge in [0.2, 0.25) is 0 Å². The van der Waals surface area contributed by atoms with Gasteiger partial charge in [0.25, 0.3) is 0 Å². The molecule has 2 heterocycles. The van der Waals surface area contributed by atoms with Crippen LogP contribution in [0.1, 0.15) is 0 Å². The summed E-state index contributed by atoms with van der Waals surface area (Å²) < 4.78 is 2.35. The smallest absolute Gasteiger partial charge is 0.162 e. The fourth-order valence-electron chi connectivity index (χ4n) is 6.50. The lowest BCUT2D eigenvalue weighted by molar-refractivity contribution is 1.08. The number of hydrogen-bond acceptors (Lipinski definition) is 2. The third-order valence-corrected chi connectivity index (χ3v) is 8.13. The van der Waals surface area contributed by atoms with E-state index in [2.05, 4.69) is 108 Å². The molecule has 9 aromatic rings. The highest BCUT2D eigenvalue weighted by atomic mass is 15.1. The van der Waals surface area contributed by atoms with Gasteiger partial charge in [-0.1, -0.05) is 103 Å². The van der Waals surface area contributed by atoms with Gasteiger partial charge in [-0.2, -0.15) is 0 Å². The fraction of sp³-hybridized carbons (Fsp3) is 0. The van der Waals surface area contributed by atoms with E-state index in [0.717, 1.165) is 39.1 Å². The molecule has 0 aliphatic rings. The second-order valence-electron chi connectivity index (χ2n) is 10.2. The van der Waals surface area contributed by atoms with Crippen LogP contribution in [0.2, 0.25) is 0 Å². The SMILES string of the molecule is c1ccc(-c2nc(-n3c4cccc5c6ccc7ccccc7c6c6cccc3c6c54)c3ccccc3n2)cc1. The predicted molar refractivity (Wildman–Crippen MR) is 163 cm³/mol. The largest absolute Gasteiger partial charge is 0.293 e. The molecule has 2 aromatic heterocycles. The van der Waals surface area contributed by atoms with Crippen LogP contribution in [0.4, 0.5) is 0 Å². The molecule has 0 amide bonds. The first-order valence-electron chi connectivity index (χ1n) is 13.3. The van der Waals surface area contributed by atoms with Crippen LogP contribution in [0.15, 0.2) is 127 Å². The van der Waals surface area contributed by atoms with Crippen LogP contribution < -0.4 is 0 Å². The van der Waals surface area contributed by atoms with Crippen molar-refractivity contribution in [1.82, 2.24) is 14.5 Å². The van der Waals surface area contributed by atoms with Gasteiger partial charge in [-0.3, -0.25) is 4.57 Å². The third kappa shape index (κ3) is 2.76. The predicted octanol–water partition coefficient (Wildman–Crippen LogP) is 9.29. The van der Waals surface area contributed by atoms with Gasteiger partial charge in [-0.15, -0.1) is 0 Å². The first kappa shape index (κ1) is 20.7. The van der Waals surface area contributed by atoms with Gasteiger partial charge in [0.15, 0.2) is 5.82 Å². The number of benzene rings is 7. The Kier molecular flexibility index (Phi) is 4.05. The lowest BCUT2D eigenvalue weighted by Gasteiger charge is -2.12. The lowest BCUT2D eigenvalue weighted by atomic mass is 9.91. The topological polar surface area (TPSA) is 30.7 Å². The molecule has 0 radical (unpaired) electrons. The fourth-order valence-corrected chi connectivity index (χ4v) is 6.50. The van der Waals surface area contributed by atoms with Gasteiger partial charge in [0.1, 0.15) is 5.82 Å². The summed E-state index contributed by atoms with van der Waals surface area (Å²) in [5, 5.41) is 11.3. The van der Waals surface area contributed by atoms with E-state index in [-0.39, 0.29) is 0 Å². The molecule has 0 aliphatic carbocycles. The zero-order valence-corrected chi connectivity index (χ0v) is 21.0. The number of nitrogens with zero attached hydrogens (tertiary/aromatic N) is 3. The van der Waals surface area contributed by atoms with E-state index in [1.165, 1.54) is 43.1 Å². The number of aromatic nitrogens is 3.